The number of rotatable bonds is 5. The third-order valence-electron chi connectivity index (χ3n) is 3.38. The zero-order valence-electron chi connectivity index (χ0n) is 13.9. The summed E-state index contributed by atoms with van der Waals surface area (Å²) in [5.74, 6) is 0.585. The summed E-state index contributed by atoms with van der Waals surface area (Å²) < 4.78 is 7.50. The lowest BCUT2D eigenvalue weighted by Crippen LogP contribution is -2.31. The molecule has 0 fully saturated rings. The lowest BCUT2D eigenvalue weighted by Gasteiger charge is -2.18. The summed E-state index contributed by atoms with van der Waals surface area (Å²) in [5, 5.41) is 2.66. The van der Waals surface area contributed by atoms with Gasteiger partial charge in [0.1, 0.15) is 11.3 Å². The molecule has 24 heavy (non-hydrogen) atoms. The summed E-state index contributed by atoms with van der Waals surface area (Å²) >= 11 is 0. The van der Waals surface area contributed by atoms with Crippen LogP contribution in [-0.2, 0) is 4.79 Å². The highest BCUT2D eigenvalue weighted by atomic mass is 28.3. The molecular formula is C16H19N5O2Si. The predicted octanol–water partition coefficient (Wildman–Crippen LogP) is 2.53. The van der Waals surface area contributed by atoms with Crippen molar-refractivity contribution in [3.05, 3.63) is 42.9 Å². The van der Waals surface area contributed by atoms with Crippen LogP contribution >= 0.6 is 0 Å². The van der Waals surface area contributed by atoms with E-state index in [0.717, 1.165) is 11.2 Å². The number of hydrogen-bond donors (Lipinski definition) is 1. The van der Waals surface area contributed by atoms with Crippen LogP contribution in [0.2, 0.25) is 19.6 Å². The average Bonchev–Trinajstić information content (AvgIpc) is 2.97. The van der Waals surface area contributed by atoms with Crippen LogP contribution in [0.25, 0.3) is 11.2 Å². The molecule has 3 aromatic rings. The van der Waals surface area contributed by atoms with E-state index in [9.17, 15) is 4.79 Å². The van der Waals surface area contributed by atoms with E-state index in [0.29, 0.717) is 5.75 Å². The number of amides is 1. The van der Waals surface area contributed by atoms with Crippen LogP contribution in [0.5, 0.6) is 5.75 Å². The average molecular weight is 341 g/mol. The number of anilines is 1. The van der Waals surface area contributed by atoms with Crippen LogP contribution in [0, 0.1) is 0 Å². The minimum absolute atomic E-state index is 0.0985. The van der Waals surface area contributed by atoms with E-state index in [1.54, 1.807) is 24.7 Å². The van der Waals surface area contributed by atoms with Crippen molar-refractivity contribution in [3.8, 4) is 5.75 Å². The summed E-state index contributed by atoms with van der Waals surface area (Å²) in [7, 11) is -1.64. The molecule has 3 rings (SSSR count). The van der Waals surface area contributed by atoms with Gasteiger partial charge in [0.15, 0.2) is 20.5 Å². The highest BCUT2D eigenvalue weighted by Crippen LogP contribution is 2.16. The lowest BCUT2D eigenvalue weighted by atomic mass is 10.3. The number of ether oxygens (including phenoxy) is 1. The number of fused-ring (bicyclic) bond motifs is 1. The summed E-state index contributed by atoms with van der Waals surface area (Å²) in [5.41, 5.74) is 1.46. The molecule has 0 aliphatic carbocycles. The molecule has 0 spiro atoms. The van der Waals surface area contributed by atoms with Crippen LogP contribution in [0.1, 0.15) is 0 Å². The number of imidazole rings is 1. The van der Waals surface area contributed by atoms with E-state index >= 15 is 0 Å². The zero-order valence-corrected chi connectivity index (χ0v) is 14.9. The van der Waals surface area contributed by atoms with Gasteiger partial charge >= 0.3 is 0 Å². The molecule has 1 N–H and O–H groups in total. The molecule has 8 heteroatoms. The first-order valence-corrected chi connectivity index (χ1v) is 11.1. The summed E-state index contributed by atoms with van der Waals surface area (Å²) in [6.07, 6.45) is 3.41. The van der Waals surface area contributed by atoms with Crippen molar-refractivity contribution < 1.29 is 9.53 Å². The molecule has 7 nitrogen and oxygen atoms in total. The maximum Gasteiger partial charge on any atom is 0.264 e. The van der Waals surface area contributed by atoms with Gasteiger partial charge in [-0.3, -0.25) is 10.1 Å². The largest absolute Gasteiger partial charge is 0.484 e. The van der Waals surface area contributed by atoms with E-state index in [1.807, 2.05) is 18.2 Å². The van der Waals surface area contributed by atoms with Gasteiger partial charge in [-0.05, 0) is 12.1 Å². The molecule has 2 aromatic heterocycles. The molecule has 124 valence electrons. The number of benzene rings is 1. The fourth-order valence-corrected chi connectivity index (χ4v) is 3.39. The van der Waals surface area contributed by atoms with E-state index in [4.69, 9.17) is 4.74 Å². The minimum Gasteiger partial charge on any atom is -0.484 e. The SMILES string of the molecule is C[Si](C)(C)n1cnc2cnc(NC(=O)COc3ccccc3)nc21. The van der Waals surface area contributed by atoms with Gasteiger partial charge in [-0.25, -0.2) is 9.97 Å². The Hall–Kier alpha value is -2.74. The third-order valence-corrected chi connectivity index (χ3v) is 5.15. The van der Waals surface area contributed by atoms with Crippen molar-refractivity contribution >= 4 is 31.3 Å². The van der Waals surface area contributed by atoms with E-state index in [1.165, 1.54) is 0 Å². The van der Waals surface area contributed by atoms with Gasteiger partial charge in [0.05, 0.1) is 12.5 Å². The van der Waals surface area contributed by atoms with Crippen molar-refractivity contribution in [3.63, 3.8) is 0 Å². The van der Waals surface area contributed by atoms with Crippen molar-refractivity contribution in [1.29, 1.82) is 0 Å². The molecule has 0 radical (unpaired) electrons. The van der Waals surface area contributed by atoms with Gasteiger partial charge in [0, 0.05) is 0 Å². The van der Waals surface area contributed by atoms with Crippen LogP contribution in [0.15, 0.2) is 42.9 Å². The van der Waals surface area contributed by atoms with Gasteiger partial charge < -0.3 is 8.97 Å². The smallest absolute Gasteiger partial charge is 0.264 e. The first kappa shape index (κ1) is 16.1. The van der Waals surface area contributed by atoms with Gasteiger partial charge in [0.2, 0.25) is 5.95 Å². The number of hydrogen-bond acceptors (Lipinski definition) is 5. The van der Waals surface area contributed by atoms with Gasteiger partial charge in [-0.2, -0.15) is 4.98 Å². The van der Waals surface area contributed by atoms with Crippen molar-refractivity contribution in [2.75, 3.05) is 11.9 Å². The third kappa shape index (κ3) is 3.59. The second-order valence-electron chi connectivity index (χ2n) is 6.34. The van der Waals surface area contributed by atoms with Crippen LogP contribution in [0.4, 0.5) is 5.95 Å². The van der Waals surface area contributed by atoms with Crippen LogP contribution in [-0.4, -0.2) is 39.9 Å². The van der Waals surface area contributed by atoms with Crippen LogP contribution < -0.4 is 10.1 Å². The molecule has 2 heterocycles. The molecule has 0 bridgehead atoms. The summed E-state index contributed by atoms with van der Waals surface area (Å²) in [6, 6.07) is 9.17. The Morgan fingerprint density at radius 2 is 1.96 bits per heavy atom. The quantitative estimate of drug-likeness (QED) is 0.721. The van der Waals surface area contributed by atoms with E-state index in [2.05, 4.69) is 44.1 Å². The van der Waals surface area contributed by atoms with Crippen molar-refractivity contribution in [2.24, 2.45) is 0 Å². The fourth-order valence-electron chi connectivity index (χ4n) is 2.19. The number of carbonyl (C=O) groups excluding carboxylic acids is 1. The molecule has 0 saturated heterocycles. The molecule has 0 aliphatic heterocycles. The Bertz CT molecular complexity index is 858. The maximum absolute atomic E-state index is 12.0. The first-order valence-electron chi connectivity index (χ1n) is 7.62. The zero-order chi connectivity index (χ0) is 17.2. The summed E-state index contributed by atoms with van der Waals surface area (Å²) in [4.78, 5) is 24.9. The number of para-hydroxylation sites is 1. The second-order valence-corrected chi connectivity index (χ2v) is 11.2. The number of nitrogens with one attached hydrogen (secondary N) is 1. The molecule has 1 amide bonds. The monoisotopic (exact) mass is 341 g/mol. The first-order chi connectivity index (χ1) is 11.4. The highest BCUT2D eigenvalue weighted by molar-refractivity contribution is 6.75. The number of carbonyl (C=O) groups is 1. The Kier molecular flexibility index (Phi) is 4.30. The van der Waals surface area contributed by atoms with Crippen molar-refractivity contribution in [2.45, 2.75) is 19.6 Å². The number of aromatic nitrogens is 4. The lowest BCUT2D eigenvalue weighted by molar-refractivity contribution is -0.118. The molecular weight excluding hydrogens is 322 g/mol. The highest BCUT2D eigenvalue weighted by Gasteiger charge is 2.20. The topological polar surface area (TPSA) is 81.9 Å². The number of nitrogens with zero attached hydrogens (tertiary/aromatic N) is 4. The Balaban J connectivity index is 1.72. The standard InChI is InChI=1S/C16H19N5O2Si/c1-24(2,3)21-11-18-13-9-17-16(20-15(13)21)19-14(22)10-23-12-7-5-4-6-8-12/h4-9,11H,10H2,1-3H3,(H,17,19,20,22). The predicted molar refractivity (Wildman–Crippen MR) is 94.6 cm³/mol. The summed E-state index contributed by atoms with van der Waals surface area (Å²) in [6.45, 7) is 6.49. The Labute approximate surface area is 140 Å². The molecule has 0 unspecified atom stereocenters. The molecule has 0 saturated carbocycles. The van der Waals surface area contributed by atoms with Gasteiger partial charge in [-0.1, -0.05) is 37.8 Å². The Morgan fingerprint density at radius 1 is 1.21 bits per heavy atom. The molecule has 1 aromatic carbocycles. The molecule has 0 aliphatic rings. The van der Waals surface area contributed by atoms with Gasteiger partial charge in [-0.15, -0.1) is 0 Å². The fraction of sp³-hybridized carbons (Fsp3) is 0.250. The molecule has 0 atom stereocenters. The van der Waals surface area contributed by atoms with Gasteiger partial charge in [0.25, 0.3) is 5.91 Å². The normalized spacial score (nSPS) is 11.5. The van der Waals surface area contributed by atoms with E-state index in [-0.39, 0.29) is 18.5 Å². The minimum atomic E-state index is -1.64. The Morgan fingerprint density at radius 3 is 2.67 bits per heavy atom. The van der Waals surface area contributed by atoms with Crippen molar-refractivity contribution in [1.82, 2.24) is 19.2 Å². The van der Waals surface area contributed by atoms with Crippen LogP contribution in [0.3, 0.4) is 0 Å². The maximum atomic E-state index is 12.0. The van der Waals surface area contributed by atoms with E-state index < -0.39 is 8.24 Å². The second kappa shape index (κ2) is 6.40.